The Morgan fingerprint density at radius 2 is 1.86 bits per heavy atom. The van der Waals surface area contributed by atoms with Crippen molar-refractivity contribution in [1.29, 1.82) is 0 Å². The Kier molecular flexibility index (Phi) is 7.50. The van der Waals surface area contributed by atoms with Crippen molar-refractivity contribution in [3.05, 3.63) is 58.1 Å². The average molecular weight is 430 g/mol. The van der Waals surface area contributed by atoms with E-state index in [0.29, 0.717) is 5.75 Å². The number of halogens is 4. The van der Waals surface area contributed by atoms with Crippen LogP contribution >= 0.6 is 11.6 Å². The van der Waals surface area contributed by atoms with E-state index in [1.807, 2.05) is 37.4 Å². The van der Waals surface area contributed by atoms with E-state index in [0.717, 1.165) is 23.3 Å². The van der Waals surface area contributed by atoms with Gasteiger partial charge in [0, 0.05) is 0 Å². The minimum atomic E-state index is -4.70. The lowest BCUT2D eigenvalue weighted by atomic mass is 10.1. The van der Waals surface area contributed by atoms with E-state index in [4.69, 9.17) is 21.1 Å². The number of carbonyl (C=O) groups is 2. The van der Waals surface area contributed by atoms with Crippen LogP contribution < -0.4 is 10.1 Å². The Hall–Kier alpha value is -2.74. The van der Waals surface area contributed by atoms with Gasteiger partial charge in [-0.25, -0.2) is 0 Å². The summed E-state index contributed by atoms with van der Waals surface area (Å²) in [4.78, 5) is 23.6. The number of ether oxygens (including phenoxy) is 2. The molecule has 9 heteroatoms. The predicted molar refractivity (Wildman–Crippen MR) is 102 cm³/mol. The molecule has 0 bridgehead atoms. The van der Waals surface area contributed by atoms with Crippen molar-refractivity contribution < 1.29 is 32.2 Å². The molecule has 1 amide bonds. The van der Waals surface area contributed by atoms with Crippen LogP contribution in [0.1, 0.15) is 23.1 Å². The van der Waals surface area contributed by atoms with Crippen LogP contribution in [0.2, 0.25) is 5.02 Å². The molecule has 0 aliphatic rings. The summed E-state index contributed by atoms with van der Waals surface area (Å²) in [6.45, 7) is 3.06. The van der Waals surface area contributed by atoms with Crippen LogP contribution in [0.15, 0.2) is 36.4 Å². The second-order valence-electron chi connectivity index (χ2n) is 6.24. The molecular formula is C20H19ClF3NO4. The number of rotatable bonds is 7. The summed E-state index contributed by atoms with van der Waals surface area (Å²) in [7, 11) is 0. The molecular weight excluding hydrogens is 411 g/mol. The van der Waals surface area contributed by atoms with Crippen LogP contribution in [-0.2, 0) is 20.5 Å². The maximum absolute atomic E-state index is 13.0. The van der Waals surface area contributed by atoms with Crippen LogP contribution in [0.3, 0.4) is 0 Å². The zero-order chi connectivity index (χ0) is 21.6. The quantitative estimate of drug-likeness (QED) is 0.634. The maximum atomic E-state index is 13.0. The van der Waals surface area contributed by atoms with Crippen molar-refractivity contribution in [3.8, 4) is 5.75 Å². The SMILES string of the molecule is Cc1ccc(C)c(OCCC(=O)OCC(=O)Nc2c(Cl)cccc2C(F)(F)F)c1. The minimum Gasteiger partial charge on any atom is -0.493 e. The fourth-order valence-corrected chi connectivity index (χ4v) is 2.61. The first-order chi connectivity index (χ1) is 13.6. The zero-order valence-electron chi connectivity index (χ0n) is 15.7. The molecule has 0 aliphatic heterocycles. The molecule has 0 saturated carbocycles. The summed E-state index contributed by atoms with van der Waals surface area (Å²) >= 11 is 5.75. The molecule has 2 aromatic carbocycles. The first-order valence-corrected chi connectivity index (χ1v) is 8.97. The van der Waals surface area contributed by atoms with Crippen molar-refractivity contribution >= 4 is 29.2 Å². The molecule has 0 aromatic heterocycles. The molecule has 5 nitrogen and oxygen atoms in total. The summed E-state index contributed by atoms with van der Waals surface area (Å²) in [6.07, 6.45) is -4.82. The average Bonchev–Trinajstić information content (AvgIpc) is 2.63. The van der Waals surface area contributed by atoms with Crippen molar-refractivity contribution in [3.63, 3.8) is 0 Å². The van der Waals surface area contributed by atoms with Gasteiger partial charge in [-0.15, -0.1) is 0 Å². The van der Waals surface area contributed by atoms with Gasteiger partial charge in [0.15, 0.2) is 6.61 Å². The lowest BCUT2D eigenvalue weighted by molar-refractivity contribution is -0.147. The third-order valence-electron chi connectivity index (χ3n) is 3.86. The maximum Gasteiger partial charge on any atom is 0.418 e. The molecule has 0 fully saturated rings. The Bertz CT molecular complexity index is 900. The number of carbonyl (C=O) groups excluding carboxylic acids is 2. The summed E-state index contributed by atoms with van der Waals surface area (Å²) in [5, 5.41) is 1.76. The fourth-order valence-electron chi connectivity index (χ4n) is 2.39. The van der Waals surface area contributed by atoms with Gasteiger partial charge < -0.3 is 14.8 Å². The lowest BCUT2D eigenvalue weighted by Crippen LogP contribution is -2.23. The minimum absolute atomic E-state index is 0.0352. The standard InChI is InChI=1S/C20H19ClF3NO4/c1-12-6-7-13(2)16(10-12)28-9-8-18(27)29-11-17(26)25-19-14(20(22,23)24)4-3-5-15(19)21/h3-7,10H,8-9,11H2,1-2H3,(H,25,26). The fraction of sp³-hybridized carbons (Fsp3) is 0.300. The van der Waals surface area contributed by atoms with Gasteiger partial charge in [-0.3, -0.25) is 9.59 Å². The van der Waals surface area contributed by atoms with Gasteiger partial charge in [0.2, 0.25) is 0 Å². The van der Waals surface area contributed by atoms with Crippen molar-refractivity contribution in [2.45, 2.75) is 26.4 Å². The second kappa shape index (κ2) is 9.65. The molecule has 2 aromatic rings. The Labute approximate surface area is 170 Å². The number of nitrogens with one attached hydrogen (secondary N) is 1. The van der Waals surface area contributed by atoms with Gasteiger partial charge in [-0.05, 0) is 43.2 Å². The summed E-state index contributed by atoms with van der Waals surface area (Å²) in [5.41, 5.74) is 0.235. The molecule has 1 N–H and O–H groups in total. The molecule has 0 spiro atoms. The molecule has 0 unspecified atom stereocenters. The van der Waals surface area contributed by atoms with Gasteiger partial charge >= 0.3 is 12.1 Å². The number of alkyl halides is 3. The van der Waals surface area contributed by atoms with Crippen molar-refractivity contribution in [1.82, 2.24) is 0 Å². The van der Waals surface area contributed by atoms with Crippen LogP contribution in [-0.4, -0.2) is 25.1 Å². The number of hydrogen-bond acceptors (Lipinski definition) is 4. The summed E-state index contributed by atoms with van der Waals surface area (Å²) in [6, 6.07) is 8.77. The molecule has 0 atom stereocenters. The Morgan fingerprint density at radius 3 is 2.55 bits per heavy atom. The van der Waals surface area contributed by atoms with Crippen LogP contribution in [0.25, 0.3) is 0 Å². The zero-order valence-corrected chi connectivity index (χ0v) is 16.5. The molecule has 0 aliphatic carbocycles. The number of para-hydroxylation sites is 1. The normalized spacial score (nSPS) is 11.1. The van der Waals surface area contributed by atoms with E-state index in [9.17, 15) is 22.8 Å². The molecule has 29 heavy (non-hydrogen) atoms. The second-order valence-corrected chi connectivity index (χ2v) is 6.64. The van der Waals surface area contributed by atoms with Gasteiger partial charge in [0.25, 0.3) is 5.91 Å². The number of anilines is 1. The number of benzene rings is 2. The molecule has 0 saturated heterocycles. The highest BCUT2D eigenvalue weighted by Crippen LogP contribution is 2.38. The third-order valence-corrected chi connectivity index (χ3v) is 4.17. The topological polar surface area (TPSA) is 64.6 Å². The highest BCUT2D eigenvalue weighted by molar-refractivity contribution is 6.34. The van der Waals surface area contributed by atoms with E-state index >= 15 is 0 Å². The number of aryl methyl sites for hydroxylation is 2. The van der Waals surface area contributed by atoms with E-state index in [-0.39, 0.29) is 18.1 Å². The monoisotopic (exact) mass is 429 g/mol. The first kappa shape index (κ1) is 22.5. The van der Waals surface area contributed by atoms with E-state index < -0.39 is 35.9 Å². The summed E-state index contributed by atoms with van der Waals surface area (Å²) < 4.78 is 49.3. The van der Waals surface area contributed by atoms with E-state index in [1.54, 1.807) is 0 Å². The molecule has 0 radical (unpaired) electrons. The van der Waals surface area contributed by atoms with Crippen molar-refractivity contribution in [2.24, 2.45) is 0 Å². The van der Waals surface area contributed by atoms with Crippen LogP contribution in [0, 0.1) is 13.8 Å². The Balaban J connectivity index is 1.84. The van der Waals surface area contributed by atoms with E-state index in [1.165, 1.54) is 6.07 Å². The third kappa shape index (κ3) is 6.67. The lowest BCUT2D eigenvalue weighted by Gasteiger charge is -2.15. The smallest absolute Gasteiger partial charge is 0.418 e. The summed E-state index contributed by atoms with van der Waals surface area (Å²) in [5.74, 6) is -1.03. The van der Waals surface area contributed by atoms with Gasteiger partial charge in [0.1, 0.15) is 5.75 Å². The molecule has 0 heterocycles. The van der Waals surface area contributed by atoms with Crippen molar-refractivity contribution in [2.75, 3.05) is 18.5 Å². The number of esters is 1. The first-order valence-electron chi connectivity index (χ1n) is 8.59. The van der Waals surface area contributed by atoms with Gasteiger partial charge in [0.05, 0.1) is 29.3 Å². The van der Waals surface area contributed by atoms with Gasteiger partial charge in [-0.2, -0.15) is 13.2 Å². The number of hydrogen-bond donors (Lipinski definition) is 1. The predicted octanol–water partition coefficient (Wildman–Crippen LogP) is 4.93. The highest BCUT2D eigenvalue weighted by atomic mass is 35.5. The Morgan fingerprint density at radius 1 is 1.14 bits per heavy atom. The van der Waals surface area contributed by atoms with E-state index in [2.05, 4.69) is 0 Å². The van der Waals surface area contributed by atoms with Crippen LogP contribution in [0.5, 0.6) is 5.75 Å². The highest BCUT2D eigenvalue weighted by Gasteiger charge is 2.34. The molecule has 156 valence electrons. The molecule has 2 rings (SSSR count). The van der Waals surface area contributed by atoms with Crippen LogP contribution in [0.4, 0.5) is 18.9 Å². The van der Waals surface area contributed by atoms with Gasteiger partial charge in [-0.1, -0.05) is 29.8 Å². The largest absolute Gasteiger partial charge is 0.493 e. The number of amides is 1.